The molecule has 0 aliphatic heterocycles. The third-order valence-electron chi connectivity index (χ3n) is 1.12. The Labute approximate surface area is 69.3 Å². The fraction of sp³-hybridized carbons (Fsp3) is 0.600. The predicted octanol–water partition coefficient (Wildman–Crippen LogP) is -1.95. The summed E-state index contributed by atoms with van der Waals surface area (Å²) in [6, 6.07) is -1.25. The summed E-state index contributed by atoms with van der Waals surface area (Å²) in [4.78, 5) is 20.7. The van der Waals surface area contributed by atoms with Crippen molar-refractivity contribution in [2.24, 2.45) is 0 Å². The molecule has 0 aromatic heterocycles. The van der Waals surface area contributed by atoms with Gasteiger partial charge in [-0.25, -0.2) is 0 Å². The van der Waals surface area contributed by atoms with Gasteiger partial charge in [0.1, 0.15) is 6.04 Å². The Bertz CT molecular complexity index is 183. The van der Waals surface area contributed by atoms with E-state index in [0.29, 0.717) is 0 Å². The number of carboxylic acid groups (broad SMARTS) is 1. The summed E-state index contributed by atoms with van der Waals surface area (Å²) in [6.07, 6.45) is -0.422. The molecule has 12 heavy (non-hydrogen) atoms. The van der Waals surface area contributed by atoms with Crippen molar-refractivity contribution in [1.82, 2.24) is 5.32 Å². The first-order valence-electron chi connectivity index (χ1n) is 3.29. The second kappa shape index (κ2) is 4.73. The molecule has 0 radical (unpaired) electrons. The number of amides is 1. The topological polar surface area (TPSA) is 107 Å². The van der Waals surface area contributed by atoms with E-state index in [1.54, 1.807) is 0 Å². The van der Waals surface area contributed by atoms with Gasteiger partial charge < -0.3 is 20.5 Å². The summed E-state index contributed by atoms with van der Waals surface area (Å²) >= 11 is 0. The van der Waals surface area contributed by atoms with Gasteiger partial charge in [-0.1, -0.05) is 0 Å². The molecule has 0 spiro atoms. The van der Waals surface area contributed by atoms with Crippen molar-refractivity contribution in [3.8, 4) is 0 Å². The number of carbonyl (C=O) groups excluding carboxylic acids is 1. The van der Waals surface area contributed by atoms with Crippen LogP contribution in [0.5, 0.6) is 0 Å². The van der Waals surface area contributed by atoms with E-state index in [9.17, 15) is 9.59 Å². The molecule has 0 aliphatic rings. The van der Waals surface area contributed by atoms with Crippen molar-refractivity contribution in [2.75, 3.05) is 0 Å². The second-order valence-corrected chi connectivity index (χ2v) is 2.31. The number of carbonyl (C=O) groups is 2. The molecule has 0 fully saturated rings. The van der Waals surface area contributed by atoms with Gasteiger partial charge in [0, 0.05) is 13.2 Å². The Kier molecular flexibility index (Phi) is 4.31. The van der Waals surface area contributed by atoms with Crippen LogP contribution in [0.3, 0.4) is 0 Å². The highest BCUT2D eigenvalue weighted by atomic mass is 16.4. The number of nitrogens with one attached hydrogen (secondary N) is 1. The highest BCUT2D eigenvalue weighted by Crippen LogP contribution is 1.95. The van der Waals surface area contributed by atoms with Crippen LogP contribution < -0.4 is 5.32 Å². The fourth-order valence-corrected chi connectivity index (χ4v) is 0.678. The summed E-state index contributed by atoms with van der Waals surface area (Å²) < 4.78 is 0. The van der Waals surface area contributed by atoms with Gasteiger partial charge in [0.15, 0.2) is 0 Å². The van der Waals surface area contributed by atoms with Crippen molar-refractivity contribution in [2.45, 2.75) is 19.3 Å². The van der Waals surface area contributed by atoms with Gasteiger partial charge in [-0.15, -0.1) is 0 Å². The Balaban J connectivity index is 4.04. The lowest BCUT2D eigenvalue weighted by Gasteiger charge is -2.11. The van der Waals surface area contributed by atoms with Gasteiger partial charge in [-0.2, -0.15) is 0 Å². The highest BCUT2D eigenvalue weighted by Gasteiger charge is 2.23. The van der Waals surface area contributed by atoms with Crippen LogP contribution in [0.25, 0.3) is 0 Å². The first-order valence-corrected chi connectivity index (χ1v) is 3.29. The van der Waals surface area contributed by atoms with E-state index in [-0.39, 0.29) is 0 Å². The quantitative estimate of drug-likeness (QED) is 0.371. The standard InChI is InChI=1S/C5H10BNO5/c1-3(8)7-4(5(9)10)2-6(11)12/h4,11-12H,2H2,1H3,(H,7,8)(H,9,10). The fourth-order valence-electron chi connectivity index (χ4n) is 0.678. The van der Waals surface area contributed by atoms with Gasteiger partial charge in [-0.3, -0.25) is 9.59 Å². The summed E-state index contributed by atoms with van der Waals surface area (Å²) in [5, 5.41) is 27.3. The molecule has 6 nitrogen and oxygen atoms in total. The number of carboxylic acids is 1. The lowest BCUT2D eigenvalue weighted by atomic mass is 9.82. The molecule has 1 unspecified atom stereocenters. The van der Waals surface area contributed by atoms with Crippen LogP contribution >= 0.6 is 0 Å². The molecule has 0 rings (SSSR count). The van der Waals surface area contributed by atoms with Gasteiger partial charge in [0.2, 0.25) is 5.91 Å². The molecule has 0 aromatic rings. The minimum absolute atomic E-state index is 0.422. The van der Waals surface area contributed by atoms with Crippen molar-refractivity contribution >= 4 is 19.0 Å². The molecule has 0 bridgehead atoms. The SMILES string of the molecule is CC(=O)NC(CB(O)O)C(=O)O. The average Bonchev–Trinajstić information content (AvgIpc) is 1.83. The molecule has 0 saturated heterocycles. The summed E-state index contributed by atoms with van der Waals surface area (Å²) in [7, 11) is -1.74. The molecule has 0 saturated carbocycles. The first kappa shape index (κ1) is 10.9. The third kappa shape index (κ3) is 4.70. The van der Waals surface area contributed by atoms with Crippen molar-refractivity contribution in [3.05, 3.63) is 0 Å². The predicted molar refractivity (Wildman–Crippen MR) is 40.2 cm³/mol. The van der Waals surface area contributed by atoms with Gasteiger partial charge in [0.25, 0.3) is 0 Å². The number of hydrogen-bond acceptors (Lipinski definition) is 4. The lowest BCUT2D eigenvalue weighted by molar-refractivity contribution is -0.141. The van der Waals surface area contributed by atoms with Gasteiger partial charge >= 0.3 is 13.1 Å². The third-order valence-corrected chi connectivity index (χ3v) is 1.12. The summed E-state index contributed by atoms with van der Waals surface area (Å²) in [5.41, 5.74) is 0. The largest absolute Gasteiger partial charge is 0.480 e. The molecule has 68 valence electrons. The first-order chi connectivity index (χ1) is 5.43. The average molecular weight is 175 g/mol. The Morgan fingerprint density at radius 1 is 1.50 bits per heavy atom. The number of rotatable bonds is 4. The van der Waals surface area contributed by atoms with Gasteiger partial charge in [-0.05, 0) is 0 Å². The van der Waals surface area contributed by atoms with Gasteiger partial charge in [0.05, 0.1) is 0 Å². The second-order valence-electron chi connectivity index (χ2n) is 2.31. The van der Waals surface area contributed by atoms with Crippen molar-refractivity contribution < 1.29 is 24.7 Å². The zero-order valence-corrected chi connectivity index (χ0v) is 6.52. The zero-order chi connectivity index (χ0) is 9.72. The normalized spacial score (nSPS) is 11.9. The Morgan fingerprint density at radius 2 is 2.00 bits per heavy atom. The van der Waals surface area contributed by atoms with Crippen LogP contribution in [0.1, 0.15) is 6.92 Å². The Morgan fingerprint density at radius 3 is 2.25 bits per heavy atom. The van der Waals surface area contributed by atoms with E-state index >= 15 is 0 Å². The smallest absolute Gasteiger partial charge is 0.454 e. The van der Waals surface area contributed by atoms with Crippen LogP contribution in [0.15, 0.2) is 0 Å². The van der Waals surface area contributed by atoms with E-state index in [1.165, 1.54) is 0 Å². The van der Waals surface area contributed by atoms with E-state index < -0.39 is 31.4 Å². The van der Waals surface area contributed by atoms with Crippen LogP contribution in [-0.2, 0) is 9.59 Å². The van der Waals surface area contributed by atoms with E-state index in [1.807, 2.05) is 0 Å². The molecule has 7 heteroatoms. The molecule has 0 aliphatic carbocycles. The highest BCUT2D eigenvalue weighted by molar-refractivity contribution is 6.41. The molecular formula is C5H10BNO5. The van der Waals surface area contributed by atoms with Crippen LogP contribution in [-0.4, -0.2) is 40.2 Å². The monoisotopic (exact) mass is 175 g/mol. The van der Waals surface area contributed by atoms with Crippen LogP contribution in [0, 0.1) is 0 Å². The summed E-state index contributed by atoms with van der Waals surface area (Å²) in [6.45, 7) is 1.15. The molecule has 0 aromatic carbocycles. The molecular weight excluding hydrogens is 165 g/mol. The minimum atomic E-state index is -1.74. The maximum Gasteiger partial charge on any atom is 0.454 e. The molecule has 1 atom stereocenters. The molecule has 4 N–H and O–H groups in total. The lowest BCUT2D eigenvalue weighted by Crippen LogP contribution is -2.42. The Hall–Kier alpha value is -1.08. The van der Waals surface area contributed by atoms with Crippen LogP contribution in [0.4, 0.5) is 0 Å². The van der Waals surface area contributed by atoms with E-state index in [2.05, 4.69) is 5.32 Å². The van der Waals surface area contributed by atoms with Crippen molar-refractivity contribution in [1.29, 1.82) is 0 Å². The minimum Gasteiger partial charge on any atom is -0.480 e. The molecule has 0 heterocycles. The number of aliphatic carboxylic acids is 1. The van der Waals surface area contributed by atoms with Crippen molar-refractivity contribution in [3.63, 3.8) is 0 Å². The number of hydrogen-bond donors (Lipinski definition) is 4. The van der Waals surface area contributed by atoms with Crippen LogP contribution in [0.2, 0.25) is 6.32 Å². The van der Waals surface area contributed by atoms with E-state index in [0.717, 1.165) is 6.92 Å². The summed E-state index contributed by atoms with van der Waals surface area (Å²) in [5.74, 6) is -1.82. The zero-order valence-electron chi connectivity index (χ0n) is 6.52. The molecule has 1 amide bonds. The maximum atomic E-state index is 10.4. The maximum absolute atomic E-state index is 10.4. The van der Waals surface area contributed by atoms with E-state index in [4.69, 9.17) is 15.2 Å².